The molecule has 1 heterocycles. The number of allylic oxidation sites excluding steroid dienone is 4. The van der Waals surface area contributed by atoms with Crippen molar-refractivity contribution >= 4 is 22.8 Å². The highest BCUT2D eigenvalue weighted by Gasteiger charge is 2.16. The topological polar surface area (TPSA) is 37.0 Å². The Hall–Kier alpha value is -2.09. The number of aryl methyl sites for hydroxylation is 1. The number of benzene rings is 1. The van der Waals surface area contributed by atoms with Gasteiger partial charge in [-0.3, -0.25) is 0 Å². The summed E-state index contributed by atoms with van der Waals surface area (Å²) in [6, 6.07) is 6.31. The van der Waals surface area contributed by atoms with Crippen molar-refractivity contribution in [1.82, 2.24) is 0 Å². The molecular weight excluding hydrogens is 270 g/mol. The number of rotatable bonds is 6. The molecule has 2 aromatic rings. The number of para-hydroxylation sites is 1. The first-order chi connectivity index (χ1) is 10.6. The molecular formula is C20H25NO. The lowest BCUT2D eigenvalue weighted by atomic mass is 9.98. The van der Waals surface area contributed by atoms with Crippen molar-refractivity contribution in [3.05, 3.63) is 53.3 Å². The van der Waals surface area contributed by atoms with E-state index in [2.05, 4.69) is 52.0 Å². The Balaban J connectivity index is 2.50. The smallest absolute Gasteiger partial charge is 0.138 e. The maximum atomic E-state index is 7.07. The largest absolute Gasteiger partial charge is 0.456 e. The summed E-state index contributed by atoms with van der Waals surface area (Å²) in [6.45, 7) is 8.68. The van der Waals surface area contributed by atoms with Crippen molar-refractivity contribution in [2.45, 2.75) is 40.5 Å². The maximum absolute atomic E-state index is 7.07. The molecule has 2 nitrogen and oxygen atoms in total. The lowest BCUT2D eigenvalue weighted by molar-refractivity contribution is 0.578. The third-order valence-electron chi connectivity index (χ3n) is 3.88. The van der Waals surface area contributed by atoms with E-state index in [1.54, 1.807) is 6.08 Å². The molecule has 0 amide bonds. The summed E-state index contributed by atoms with van der Waals surface area (Å²) < 4.78 is 6.26. The number of furan rings is 1. The van der Waals surface area contributed by atoms with Gasteiger partial charge in [0.25, 0.3) is 0 Å². The van der Waals surface area contributed by atoms with Crippen LogP contribution in [0, 0.1) is 18.3 Å². The van der Waals surface area contributed by atoms with Crippen LogP contribution in [0.1, 0.15) is 44.1 Å². The van der Waals surface area contributed by atoms with E-state index in [-0.39, 0.29) is 0 Å². The third-order valence-corrected chi connectivity index (χ3v) is 3.88. The molecule has 0 saturated carbocycles. The van der Waals surface area contributed by atoms with Gasteiger partial charge >= 0.3 is 0 Å². The molecule has 2 rings (SSSR count). The molecule has 116 valence electrons. The first-order valence-corrected chi connectivity index (χ1v) is 7.90. The van der Waals surface area contributed by atoms with Crippen LogP contribution in [-0.4, -0.2) is 6.21 Å². The van der Waals surface area contributed by atoms with Crippen LogP contribution in [0.3, 0.4) is 0 Å². The van der Waals surface area contributed by atoms with E-state index in [0.717, 1.165) is 24.2 Å². The van der Waals surface area contributed by atoms with Crippen molar-refractivity contribution in [2.75, 3.05) is 0 Å². The van der Waals surface area contributed by atoms with Gasteiger partial charge in [-0.1, -0.05) is 44.2 Å². The quantitative estimate of drug-likeness (QED) is 0.658. The molecule has 0 aliphatic heterocycles. The first kappa shape index (κ1) is 16.3. The van der Waals surface area contributed by atoms with Crippen LogP contribution < -0.4 is 0 Å². The van der Waals surface area contributed by atoms with E-state index in [9.17, 15) is 0 Å². The summed E-state index contributed by atoms with van der Waals surface area (Å²) in [5, 5.41) is 8.27. The molecule has 2 heteroatoms. The molecule has 0 radical (unpaired) electrons. The molecule has 0 unspecified atom stereocenters. The van der Waals surface area contributed by atoms with Gasteiger partial charge in [-0.2, -0.15) is 0 Å². The lowest BCUT2D eigenvalue weighted by Gasteiger charge is -2.08. The Morgan fingerprint density at radius 2 is 2.09 bits per heavy atom. The van der Waals surface area contributed by atoms with Crippen LogP contribution in [0.2, 0.25) is 0 Å². The van der Waals surface area contributed by atoms with Gasteiger partial charge in [0.2, 0.25) is 0 Å². The monoisotopic (exact) mass is 295 g/mol. The zero-order valence-electron chi connectivity index (χ0n) is 13.9. The standard InChI is InChI=1S/C20H25NO/c1-5-16(13-14(2)3)19-15(4)18-11-8-10-17(20(18)22-19)9-6-7-12-21/h5-8,10-12,14,21H,9,13H2,1-4H3/b7-6-,16-5-,21-12?. The van der Waals surface area contributed by atoms with Gasteiger partial charge in [0.1, 0.15) is 11.3 Å². The second-order valence-electron chi connectivity index (χ2n) is 6.06. The Bertz CT molecular complexity index is 717. The molecule has 1 N–H and O–H groups in total. The van der Waals surface area contributed by atoms with Crippen molar-refractivity contribution in [1.29, 1.82) is 5.41 Å². The van der Waals surface area contributed by atoms with Gasteiger partial charge in [-0.25, -0.2) is 0 Å². The normalized spacial score (nSPS) is 12.7. The van der Waals surface area contributed by atoms with Gasteiger partial charge in [0.15, 0.2) is 0 Å². The number of hydrogen-bond acceptors (Lipinski definition) is 2. The van der Waals surface area contributed by atoms with Crippen molar-refractivity contribution in [2.24, 2.45) is 5.92 Å². The van der Waals surface area contributed by atoms with Gasteiger partial charge in [-0.05, 0) is 49.8 Å². The summed E-state index contributed by atoms with van der Waals surface area (Å²) in [4.78, 5) is 0. The highest BCUT2D eigenvalue weighted by molar-refractivity contribution is 5.88. The van der Waals surface area contributed by atoms with Crippen molar-refractivity contribution < 1.29 is 4.42 Å². The van der Waals surface area contributed by atoms with Crippen LogP contribution in [0.4, 0.5) is 0 Å². The van der Waals surface area contributed by atoms with E-state index in [0.29, 0.717) is 5.92 Å². The Labute approximate surface area is 133 Å². The molecule has 0 aliphatic carbocycles. The van der Waals surface area contributed by atoms with Crippen molar-refractivity contribution in [3.63, 3.8) is 0 Å². The zero-order valence-corrected chi connectivity index (χ0v) is 13.9. The molecule has 0 bridgehead atoms. The molecule has 22 heavy (non-hydrogen) atoms. The SMILES string of the molecule is C/C=C(/CC(C)C)c1oc2c(C/C=C\C=N)cccc2c1C. The molecule has 1 aromatic carbocycles. The van der Waals surface area contributed by atoms with Gasteiger partial charge < -0.3 is 9.83 Å². The fourth-order valence-electron chi connectivity index (χ4n) is 2.81. The Morgan fingerprint density at radius 1 is 1.32 bits per heavy atom. The van der Waals surface area contributed by atoms with Crippen LogP contribution in [0.5, 0.6) is 0 Å². The number of hydrogen-bond donors (Lipinski definition) is 1. The summed E-state index contributed by atoms with van der Waals surface area (Å²) in [5.74, 6) is 1.63. The lowest BCUT2D eigenvalue weighted by Crippen LogP contribution is -1.91. The van der Waals surface area contributed by atoms with Gasteiger partial charge in [-0.15, -0.1) is 0 Å². The maximum Gasteiger partial charge on any atom is 0.138 e. The molecule has 0 spiro atoms. The predicted molar refractivity (Wildman–Crippen MR) is 95.7 cm³/mol. The van der Waals surface area contributed by atoms with Crippen LogP contribution in [0.25, 0.3) is 16.5 Å². The van der Waals surface area contributed by atoms with E-state index in [1.165, 1.54) is 28.3 Å². The van der Waals surface area contributed by atoms with Crippen LogP contribution in [0.15, 0.2) is 40.8 Å². The second-order valence-corrected chi connectivity index (χ2v) is 6.06. The minimum absolute atomic E-state index is 0.605. The van der Waals surface area contributed by atoms with Crippen LogP contribution >= 0.6 is 0 Å². The fourth-order valence-corrected chi connectivity index (χ4v) is 2.81. The second kappa shape index (κ2) is 7.26. The molecule has 0 atom stereocenters. The predicted octanol–water partition coefficient (Wildman–Crippen LogP) is 5.94. The van der Waals surface area contributed by atoms with E-state index in [1.807, 2.05) is 6.08 Å². The summed E-state index contributed by atoms with van der Waals surface area (Å²) in [5.41, 5.74) is 4.66. The van der Waals surface area contributed by atoms with E-state index < -0.39 is 0 Å². The fraction of sp³-hybridized carbons (Fsp3) is 0.350. The summed E-state index contributed by atoms with van der Waals surface area (Å²) in [6.07, 6.45) is 9.03. The minimum atomic E-state index is 0.605. The zero-order chi connectivity index (χ0) is 16.1. The highest BCUT2D eigenvalue weighted by atomic mass is 16.3. The molecule has 1 aromatic heterocycles. The highest BCUT2D eigenvalue weighted by Crippen LogP contribution is 2.34. The molecule has 0 fully saturated rings. The first-order valence-electron chi connectivity index (χ1n) is 7.90. The van der Waals surface area contributed by atoms with Crippen LogP contribution in [-0.2, 0) is 6.42 Å². The van der Waals surface area contributed by atoms with Gasteiger partial charge in [0, 0.05) is 17.2 Å². The third kappa shape index (κ3) is 3.38. The number of nitrogens with one attached hydrogen (secondary N) is 1. The Morgan fingerprint density at radius 3 is 2.73 bits per heavy atom. The average Bonchev–Trinajstić information content (AvgIpc) is 2.83. The molecule has 0 saturated heterocycles. The average molecular weight is 295 g/mol. The molecule has 0 aliphatic rings. The Kier molecular flexibility index (Phi) is 5.37. The van der Waals surface area contributed by atoms with E-state index in [4.69, 9.17) is 9.83 Å². The van der Waals surface area contributed by atoms with E-state index >= 15 is 0 Å². The summed E-state index contributed by atoms with van der Waals surface area (Å²) in [7, 11) is 0. The van der Waals surface area contributed by atoms with Crippen molar-refractivity contribution in [3.8, 4) is 0 Å². The number of fused-ring (bicyclic) bond motifs is 1. The summed E-state index contributed by atoms with van der Waals surface area (Å²) >= 11 is 0. The minimum Gasteiger partial charge on any atom is -0.456 e. The van der Waals surface area contributed by atoms with Gasteiger partial charge in [0.05, 0.1) is 0 Å².